The predicted molar refractivity (Wildman–Crippen MR) is 60.8 cm³/mol. The smallest absolute Gasteiger partial charge is 0.150 e. The molecule has 1 atom stereocenters. The van der Waals surface area contributed by atoms with Crippen molar-refractivity contribution in [2.24, 2.45) is 5.73 Å². The average molecular weight is 295 g/mol. The lowest BCUT2D eigenvalue weighted by Gasteiger charge is -2.15. The van der Waals surface area contributed by atoms with Gasteiger partial charge in [0, 0.05) is 11.6 Å². The highest BCUT2D eigenvalue weighted by Crippen LogP contribution is 2.40. The van der Waals surface area contributed by atoms with E-state index in [9.17, 15) is 4.39 Å². The molecule has 1 aromatic rings. The van der Waals surface area contributed by atoms with Gasteiger partial charge in [-0.1, -0.05) is 11.6 Å². The van der Waals surface area contributed by atoms with E-state index in [-0.39, 0.29) is 11.1 Å². The van der Waals surface area contributed by atoms with Gasteiger partial charge in [-0.15, -0.1) is 0 Å². The Morgan fingerprint density at radius 3 is 3.07 bits per heavy atom. The van der Waals surface area contributed by atoms with Crippen LogP contribution in [0, 0.1) is 5.82 Å². The Labute approximate surface area is 101 Å². The van der Waals surface area contributed by atoms with E-state index in [0.29, 0.717) is 28.8 Å². The molecule has 0 radical (unpaired) electrons. The lowest BCUT2D eigenvalue weighted by molar-refractivity contribution is 0.313. The van der Waals surface area contributed by atoms with Gasteiger partial charge in [0.2, 0.25) is 0 Å². The molecule has 0 aliphatic carbocycles. The number of fused-ring (bicyclic) bond motifs is 1. The fraction of sp³-hybridized carbons (Fsp3) is 0.400. The number of rotatable bonds is 0. The van der Waals surface area contributed by atoms with Crippen molar-refractivity contribution in [3.63, 3.8) is 0 Å². The molecule has 0 amide bonds. The zero-order chi connectivity index (χ0) is 11.0. The van der Waals surface area contributed by atoms with Gasteiger partial charge in [-0.2, -0.15) is 0 Å². The molecular weight excluding hydrogens is 284 g/mol. The summed E-state index contributed by atoms with van der Waals surface area (Å²) in [5.41, 5.74) is 6.27. The minimum Gasteiger partial charge on any atom is -0.492 e. The van der Waals surface area contributed by atoms with Gasteiger partial charge in [0.15, 0.2) is 0 Å². The van der Waals surface area contributed by atoms with Crippen molar-refractivity contribution in [2.75, 3.05) is 6.61 Å². The summed E-state index contributed by atoms with van der Waals surface area (Å²) in [6, 6.07) is 1.14. The van der Waals surface area contributed by atoms with Crippen molar-refractivity contribution < 1.29 is 9.13 Å². The highest BCUT2D eigenvalue weighted by molar-refractivity contribution is 9.10. The Hall–Kier alpha value is -0.320. The number of ether oxygens (including phenoxy) is 1. The van der Waals surface area contributed by atoms with Crippen molar-refractivity contribution in [3.8, 4) is 5.75 Å². The van der Waals surface area contributed by atoms with E-state index in [1.165, 1.54) is 6.07 Å². The molecule has 1 heterocycles. The molecule has 2 N–H and O–H groups in total. The van der Waals surface area contributed by atoms with E-state index in [1.807, 2.05) is 0 Å². The van der Waals surface area contributed by atoms with Crippen molar-refractivity contribution >= 4 is 27.5 Å². The van der Waals surface area contributed by atoms with Crippen LogP contribution in [0.4, 0.5) is 4.39 Å². The van der Waals surface area contributed by atoms with Gasteiger partial charge in [0.05, 0.1) is 16.1 Å². The highest BCUT2D eigenvalue weighted by Gasteiger charge is 2.24. The molecule has 0 aromatic heterocycles. The van der Waals surface area contributed by atoms with E-state index in [0.717, 1.165) is 6.42 Å². The Bertz CT molecular complexity index is 399. The predicted octanol–water partition coefficient (Wildman–Crippen LogP) is 3.41. The third-order valence-corrected chi connectivity index (χ3v) is 3.30. The van der Waals surface area contributed by atoms with Crippen molar-refractivity contribution in [1.82, 2.24) is 0 Å². The minimum absolute atomic E-state index is 0.0709. The van der Waals surface area contributed by atoms with E-state index in [4.69, 9.17) is 22.1 Å². The van der Waals surface area contributed by atoms with Gasteiger partial charge >= 0.3 is 0 Å². The summed E-state index contributed by atoms with van der Waals surface area (Å²) in [5, 5.41) is 0.0709. The molecule has 82 valence electrons. The molecule has 1 aliphatic heterocycles. The summed E-state index contributed by atoms with van der Waals surface area (Å²) < 4.78 is 19.9. The molecule has 0 spiro atoms. The summed E-state index contributed by atoms with van der Waals surface area (Å²) in [4.78, 5) is 0. The van der Waals surface area contributed by atoms with Gasteiger partial charge in [0.25, 0.3) is 0 Å². The molecule has 0 saturated carbocycles. The molecule has 1 aromatic carbocycles. The number of hydrogen-bond donors (Lipinski definition) is 1. The average Bonchev–Trinajstić information content (AvgIpc) is 2.37. The molecule has 0 fully saturated rings. The Balaban J connectivity index is 2.63. The quantitative estimate of drug-likeness (QED) is 0.744. The lowest BCUT2D eigenvalue weighted by Crippen LogP contribution is -2.11. The van der Waals surface area contributed by atoms with E-state index in [1.54, 1.807) is 0 Å². The van der Waals surface area contributed by atoms with E-state index in [2.05, 4.69) is 15.9 Å². The largest absolute Gasteiger partial charge is 0.492 e. The van der Waals surface area contributed by atoms with E-state index < -0.39 is 5.82 Å². The van der Waals surface area contributed by atoms with Crippen LogP contribution in [0.25, 0.3) is 0 Å². The Morgan fingerprint density at radius 2 is 2.33 bits per heavy atom. The highest BCUT2D eigenvalue weighted by atomic mass is 79.9. The zero-order valence-corrected chi connectivity index (χ0v) is 10.2. The summed E-state index contributed by atoms with van der Waals surface area (Å²) >= 11 is 9.05. The maximum absolute atomic E-state index is 13.8. The molecular formula is C10H10BrClFNO. The fourth-order valence-electron chi connectivity index (χ4n) is 1.70. The first-order valence-corrected chi connectivity index (χ1v) is 5.84. The van der Waals surface area contributed by atoms with Crippen LogP contribution < -0.4 is 10.5 Å². The first-order valence-electron chi connectivity index (χ1n) is 4.67. The minimum atomic E-state index is -0.468. The van der Waals surface area contributed by atoms with Crippen LogP contribution in [0.5, 0.6) is 5.75 Å². The summed E-state index contributed by atoms with van der Waals surface area (Å²) in [6.45, 7) is 0.556. The lowest BCUT2D eigenvalue weighted by atomic mass is 10.0. The summed E-state index contributed by atoms with van der Waals surface area (Å²) in [6.07, 6.45) is 1.52. The molecule has 5 heteroatoms. The maximum atomic E-state index is 13.8. The first-order chi connectivity index (χ1) is 7.11. The monoisotopic (exact) mass is 293 g/mol. The van der Waals surface area contributed by atoms with Crippen LogP contribution in [-0.4, -0.2) is 6.61 Å². The van der Waals surface area contributed by atoms with Gasteiger partial charge in [-0.3, -0.25) is 0 Å². The molecule has 0 saturated heterocycles. The van der Waals surface area contributed by atoms with Crippen LogP contribution in [0.1, 0.15) is 24.4 Å². The Kier molecular flexibility index (Phi) is 3.19. The van der Waals surface area contributed by atoms with Crippen molar-refractivity contribution in [3.05, 3.63) is 26.9 Å². The molecule has 1 aliphatic rings. The second kappa shape index (κ2) is 4.28. The van der Waals surface area contributed by atoms with E-state index >= 15 is 0 Å². The number of nitrogens with two attached hydrogens (primary N) is 1. The maximum Gasteiger partial charge on any atom is 0.150 e. The zero-order valence-electron chi connectivity index (χ0n) is 7.90. The fourth-order valence-corrected chi connectivity index (χ4v) is 2.60. The molecule has 15 heavy (non-hydrogen) atoms. The molecule has 0 bridgehead atoms. The third-order valence-electron chi connectivity index (χ3n) is 2.44. The van der Waals surface area contributed by atoms with Crippen LogP contribution in [-0.2, 0) is 0 Å². The van der Waals surface area contributed by atoms with Crippen molar-refractivity contribution in [2.45, 2.75) is 18.9 Å². The van der Waals surface area contributed by atoms with Gasteiger partial charge < -0.3 is 10.5 Å². The number of benzene rings is 1. The summed E-state index contributed by atoms with van der Waals surface area (Å²) in [7, 11) is 0. The standard InChI is InChI=1S/C10H10BrClFNO/c11-5-4-6(12)9(13)8-7(14)2-1-3-15-10(5)8/h4,7H,1-3,14H2/t7-/m0/s1. The topological polar surface area (TPSA) is 35.2 Å². The number of halogens is 3. The summed E-state index contributed by atoms with van der Waals surface area (Å²) in [5.74, 6) is 0.0196. The first kappa shape index (κ1) is 11.2. The van der Waals surface area contributed by atoms with Gasteiger partial charge in [0.1, 0.15) is 11.6 Å². The van der Waals surface area contributed by atoms with Crippen LogP contribution in [0.3, 0.4) is 0 Å². The van der Waals surface area contributed by atoms with Gasteiger partial charge in [-0.25, -0.2) is 4.39 Å². The Morgan fingerprint density at radius 1 is 1.60 bits per heavy atom. The molecule has 0 unspecified atom stereocenters. The second-order valence-electron chi connectivity index (χ2n) is 3.49. The molecule has 2 nitrogen and oxygen atoms in total. The van der Waals surface area contributed by atoms with Crippen LogP contribution in [0.15, 0.2) is 10.5 Å². The van der Waals surface area contributed by atoms with Crippen LogP contribution in [0.2, 0.25) is 5.02 Å². The SMILES string of the molecule is N[C@H]1CCCOc2c(Br)cc(Cl)c(F)c21. The van der Waals surface area contributed by atoms with Crippen molar-refractivity contribution in [1.29, 1.82) is 0 Å². The third kappa shape index (κ3) is 1.98. The van der Waals surface area contributed by atoms with Gasteiger partial charge in [-0.05, 0) is 34.8 Å². The second-order valence-corrected chi connectivity index (χ2v) is 4.76. The van der Waals surface area contributed by atoms with Crippen LogP contribution >= 0.6 is 27.5 Å². The normalized spacial score (nSPS) is 20.4. The molecule has 2 rings (SSSR count). The number of hydrogen-bond acceptors (Lipinski definition) is 2.